The highest BCUT2D eigenvalue weighted by atomic mass is 16.1. The van der Waals surface area contributed by atoms with Gasteiger partial charge in [0.25, 0.3) is 0 Å². The maximum Gasteiger partial charge on any atom is 0.143 e. The van der Waals surface area contributed by atoms with Crippen molar-refractivity contribution >= 4 is 5.78 Å². The van der Waals surface area contributed by atoms with Crippen molar-refractivity contribution in [3.05, 3.63) is 35.9 Å². The minimum Gasteiger partial charge on any atom is -0.317 e. The third-order valence-electron chi connectivity index (χ3n) is 4.49. The number of hydrogen-bond donors (Lipinski definition) is 1. The maximum atomic E-state index is 12.7. The van der Waals surface area contributed by atoms with E-state index in [2.05, 4.69) is 29.6 Å². The van der Waals surface area contributed by atoms with E-state index in [9.17, 15) is 4.79 Å². The molecule has 0 radical (unpaired) electrons. The molecule has 18 heavy (non-hydrogen) atoms. The summed E-state index contributed by atoms with van der Waals surface area (Å²) in [5.74, 6) is 1.17. The van der Waals surface area contributed by atoms with Crippen LogP contribution in [0.5, 0.6) is 0 Å². The zero-order chi connectivity index (χ0) is 12.4. The molecule has 1 N–H and O–H groups in total. The number of benzene rings is 1. The van der Waals surface area contributed by atoms with Gasteiger partial charge in [0.15, 0.2) is 0 Å². The van der Waals surface area contributed by atoms with Crippen LogP contribution in [0.2, 0.25) is 0 Å². The molecule has 0 spiro atoms. The summed E-state index contributed by atoms with van der Waals surface area (Å²) in [6.45, 7) is 1.93. The number of hydrogen-bond acceptors (Lipinski definition) is 2. The molecule has 1 aliphatic carbocycles. The summed E-state index contributed by atoms with van der Waals surface area (Å²) in [6, 6.07) is 10.4. The maximum absolute atomic E-state index is 12.7. The van der Waals surface area contributed by atoms with Gasteiger partial charge in [0.1, 0.15) is 5.78 Å². The van der Waals surface area contributed by atoms with E-state index in [-0.39, 0.29) is 5.41 Å². The van der Waals surface area contributed by atoms with Gasteiger partial charge >= 0.3 is 0 Å². The quantitative estimate of drug-likeness (QED) is 0.881. The highest BCUT2D eigenvalue weighted by Crippen LogP contribution is 2.40. The van der Waals surface area contributed by atoms with Crippen LogP contribution in [0, 0.1) is 5.92 Å². The Kier molecular flexibility index (Phi) is 3.21. The van der Waals surface area contributed by atoms with Gasteiger partial charge in [0, 0.05) is 6.42 Å². The van der Waals surface area contributed by atoms with Gasteiger partial charge in [-0.15, -0.1) is 0 Å². The Morgan fingerprint density at radius 2 is 1.83 bits per heavy atom. The second kappa shape index (κ2) is 4.85. The van der Waals surface area contributed by atoms with Gasteiger partial charge in [-0.2, -0.15) is 0 Å². The lowest BCUT2D eigenvalue weighted by Crippen LogP contribution is -2.45. The van der Waals surface area contributed by atoms with E-state index in [0.717, 1.165) is 32.4 Å². The zero-order valence-electron chi connectivity index (χ0n) is 10.8. The largest absolute Gasteiger partial charge is 0.317 e. The topological polar surface area (TPSA) is 29.1 Å². The van der Waals surface area contributed by atoms with Crippen molar-refractivity contribution in [1.82, 2.24) is 5.32 Å². The zero-order valence-corrected chi connectivity index (χ0v) is 10.8. The summed E-state index contributed by atoms with van der Waals surface area (Å²) in [7, 11) is 0. The van der Waals surface area contributed by atoms with E-state index in [1.165, 1.54) is 18.4 Å². The Morgan fingerprint density at radius 1 is 1.17 bits per heavy atom. The first-order valence-corrected chi connectivity index (χ1v) is 7.11. The Bertz CT molecular complexity index is 416. The van der Waals surface area contributed by atoms with E-state index in [1.54, 1.807) is 0 Å². The van der Waals surface area contributed by atoms with Crippen LogP contribution in [0.15, 0.2) is 30.3 Å². The van der Waals surface area contributed by atoms with Crippen LogP contribution in [0.1, 0.15) is 37.7 Å². The molecule has 1 heterocycles. The Morgan fingerprint density at radius 3 is 2.44 bits per heavy atom. The summed E-state index contributed by atoms with van der Waals surface area (Å²) < 4.78 is 0. The third kappa shape index (κ3) is 2.22. The van der Waals surface area contributed by atoms with Crippen molar-refractivity contribution in [3.8, 4) is 0 Å². The number of rotatable bonds is 4. The van der Waals surface area contributed by atoms with Crippen molar-refractivity contribution in [2.45, 2.75) is 37.5 Å². The average molecular weight is 243 g/mol. The SMILES string of the molecule is O=C(CC1CC1)C1(c2ccccc2)CCNCC1. The molecule has 0 bridgehead atoms. The molecule has 0 unspecified atom stereocenters. The van der Waals surface area contributed by atoms with Crippen LogP contribution in [0.4, 0.5) is 0 Å². The van der Waals surface area contributed by atoms with Crippen LogP contribution in [0.3, 0.4) is 0 Å². The Hall–Kier alpha value is -1.15. The fourth-order valence-electron chi connectivity index (χ4n) is 3.12. The van der Waals surface area contributed by atoms with E-state index in [4.69, 9.17) is 0 Å². The van der Waals surface area contributed by atoms with Crippen LogP contribution in [-0.2, 0) is 10.2 Å². The first-order chi connectivity index (χ1) is 8.81. The molecule has 1 aromatic rings. The summed E-state index contributed by atoms with van der Waals surface area (Å²) in [5.41, 5.74) is 1.03. The number of carbonyl (C=O) groups excluding carboxylic acids is 1. The van der Waals surface area contributed by atoms with Gasteiger partial charge in [-0.3, -0.25) is 4.79 Å². The fourth-order valence-corrected chi connectivity index (χ4v) is 3.12. The molecule has 96 valence electrons. The normalized spacial score (nSPS) is 22.7. The first kappa shape index (κ1) is 11.9. The summed E-state index contributed by atoms with van der Waals surface area (Å²) >= 11 is 0. The van der Waals surface area contributed by atoms with E-state index >= 15 is 0 Å². The molecule has 2 heteroatoms. The highest BCUT2D eigenvalue weighted by molar-refractivity contribution is 5.90. The van der Waals surface area contributed by atoms with Crippen molar-refractivity contribution in [2.24, 2.45) is 5.92 Å². The molecule has 2 aliphatic rings. The van der Waals surface area contributed by atoms with E-state index in [0.29, 0.717) is 11.7 Å². The molecule has 1 aromatic carbocycles. The van der Waals surface area contributed by atoms with E-state index < -0.39 is 0 Å². The molecular weight excluding hydrogens is 222 g/mol. The predicted molar refractivity (Wildman–Crippen MR) is 72.6 cm³/mol. The van der Waals surface area contributed by atoms with Gasteiger partial charge in [0.05, 0.1) is 5.41 Å². The molecule has 2 nitrogen and oxygen atoms in total. The standard InChI is InChI=1S/C16H21NO/c18-15(12-13-6-7-13)16(8-10-17-11-9-16)14-4-2-1-3-5-14/h1-5,13,17H,6-12H2. The predicted octanol–water partition coefficient (Wildman–Crippen LogP) is 2.68. The fraction of sp³-hybridized carbons (Fsp3) is 0.562. The number of carbonyl (C=O) groups is 1. The lowest BCUT2D eigenvalue weighted by molar-refractivity contribution is -0.126. The Labute approximate surface area is 109 Å². The molecule has 3 rings (SSSR count). The smallest absolute Gasteiger partial charge is 0.143 e. The summed E-state index contributed by atoms with van der Waals surface area (Å²) in [6.07, 6.45) is 5.24. The van der Waals surface area contributed by atoms with Crippen molar-refractivity contribution < 1.29 is 4.79 Å². The highest BCUT2D eigenvalue weighted by Gasteiger charge is 2.42. The van der Waals surface area contributed by atoms with Gasteiger partial charge in [0.2, 0.25) is 0 Å². The molecule has 2 fully saturated rings. The molecule has 0 aromatic heterocycles. The van der Waals surface area contributed by atoms with Crippen LogP contribution in [-0.4, -0.2) is 18.9 Å². The van der Waals surface area contributed by atoms with Crippen LogP contribution >= 0.6 is 0 Å². The lowest BCUT2D eigenvalue weighted by atomic mass is 9.69. The number of nitrogens with one attached hydrogen (secondary N) is 1. The minimum atomic E-state index is -0.199. The van der Waals surface area contributed by atoms with Gasteiger partial charge in [-0.05, 0) is 50.3 Å². The van der Waals surface area contributed by atoms with Gasteiger partial charge in [-0.25, -0.2) is 0 Å². The number of Topliss-reactive ketones (excluding diaryl/α,β-unsaturated/α-hetero) is 1. The molecule has 1 aliphatic heterocycles. The molecule has 1 saturated heterocycles. The lowest BCUT2D eigenvalue weighted by Gasteiger charge is -2.37. The van der Waals surface area contributed by atoms with Crippen LogP contribution < -0.4 is 5.32 Å². The average Bonchev–Trinajstić information content (AvgIpc) is 3.24. The van der Waals surface area contributed by atoms with Crippen molar-refractivity contribution in [2.75, 3.05) is 13.1 Å². The molecule has 1 saturated carbocycles. The van der Waals surface area contributed by atoms with Gasteiger partial charge < -0.3 is 5.32 Å². The van der Waals surface area contributed by atoms with Crippen molar-refractivity contribution in [1.29, 1.82) is 0 Å². The van der Waals surface area contributed by atoms with Gasteiger partial charge in [-0.1, -0.05) is 30.3 Å². The van der Waals surface area contributed by atoms with Crippen LogP contribution in [0.25, 0.3) is 0 Å². The third-order valence-corrected chi connectivity index (χ3v) is 4.49. The molecule has 0 amide bonds. The minimum absolute atomic E-state index is 0.199. The molecule has 0 atom stereocenters. The number of ketones is 1. The first-order valence-electron chi connectivity index (χ1n) is 7.11. The second-order valence-electron chi connectivity index (χ2n) is 5.77. The number of piperidine rings is 1. The summed E-state index contributed by atoms with van der Waals surface area (Å²) in [4.78, 5) is 12.7. The monoisotopic (exact) mass is 243 g/mol. The summed E-state index contributed by atoms with van der Waals surface area (Å²) in [5, 5.41) is 3.38. The van der Waals surface area contributed by atoms with E-state index in [1.807, 2.05) is 6.07 Å². The Balaban J connectivity index is 1.89. The van der Waals surface area contributed by atoms with Crippen molar-refractivity contribution in [3.63, 3.8) is 0 Å². The molecular formula is C16H21NO. The second-order valence-corrected chi connectivity index (χ2v) is 5.77.